The van der Waals surface area contributed by atoms with Crippen LogP contribution in [0.25, 0.3) is 10.4 Å². The summed E-state index contributed by atoms with van der Waals surface area (Å²) in [6.45, 7) is 12.6. The maximum atomic E-state index is 12.6. The molecule has 1 saturated heterocycles. The van der Waals surface area contributed by atoms with Gasteiger partial charge in [0.25, 0.3) is 0 Å². The third-order valence-electron chi connectivity index (χ3n) is 5.22. The van der Waals surface area contributed by atoms with Crippen LogP contribution in [0.5, 0.6) is 0 Å². The average Bonchev–Trinajstić information content (AvgIpc) is 2.85. The van der Waals surface area contributed by atoms with Crippen LogP contribution < -0.4 is 5.32 Å². The lowest BCUT2D eigenvalue weighted by molar-refractivity contribution is -0.148. The highest BCUT2D eigenvalue weighted by Crippen LogP contribution is 2.44. The second-order valence-electron chi connectivity index (χ2n) is 7.58. The second kappa shape index (κ2) is 8.20. The molecule has 0 radical (unpaired) electrons. The standard InChI is InChI=1S/C16H30N4O4Si/c1-10(2)25(11(3)4,12(5)6)24-13-8-16(9-18-20-17,15(22)23-7)19-14(13)21/h10-13H,8-9H2,1-7H3,(H,19,21)/t13-,16-/m0/s1. The van der Waals surface area contributed by atoms with Crippen LogP contribution in [0.1, 0.15) is 48.0 Å². The van der Waals surface area contributed by atoms with Crippen LogP contribution in [0.4, 0.5) is 0 Å². The second-order valence-corrected chi connectivity index (χ2v) is 13.0. The minimum Gasteiger partial charge on any atom is -0.467 e. The van der Waals surface area contributed by atoms with E-state index < -0.39 is 25.9 Å². The molecule has 25 heavy (non-hydrogen) atoms. The van der Waals surface area contributed by atoms with Crippen LogP contribution in [0.15, 0.2) is 5.11 Å². The van der Waals surface area contributed by atoms with Crippen LogP contribution in [0, 0.1) is 0 Å². The number of carbonyl (C=O) groups is 2. The summed E-state index contributed by atoms with van der Waals surface area (Å²) < 4.78 is 11.3. The Labute approximate surface area is 150 Å². The topological polar surface area (TPSA) is 113 Å². The van der Waals surface area contributed by atoms with Gasteiger partial charge in [0, 0.05) is 11.3 Å². The van der Waals surface area contributed by atoms with E-state index in [9.17, 15) is 9.59 Å². The zero-order valence-electron chi connectivity index (χ0n) is 16.2. The zero-order chi connectivity index (χ0) is 19.4. The summed E-state index contributed by atoms with van der Waals surface area (Å²) in [5.41, 5.74) is 8.18. The van der Waals surface area contributed by atoms with Crippen LogP contribution in [-0.2, 0) is 18.8 Å². The van der Waals surface area contributed by atoms with Gasteiger partial charge >= 0.3 is 5.97 Å². The first kappa shape index (κ1) is 21.5. The summed E-state index contributed by atoms with van der Waals surface area (Å²) in [5.74, 6) is -0.970. The molecule has 2 atom stereocenters. The van der Waals surface area contributed by atoms with Gasteiger partial charge in [-0.25, -0.2) is 4.79 Å². The van der Waals surface area contributed by atoms with Crippen molar-refractivity contribution in [1.29, 1.82) is 0 Å². The predicted octanol–water partition coefficient (Wildman–Crippen LogP) is 3.29. The third kappa shape index (κ3) is 3.99. The van der Waals surface area contributed by atoms with Gasteiger partial charge in [0.1, 0.15) is 11.6 Å². The first-order valence-corrected chi connectivity index (χ1v) is 10.8. The van der Waals surface area contributed by atoms with Crippen molar-refractivity contribution in [3.8, 4) is 0 Å². The summed E-state index contributed by atoms with van der Waals surface area (Å²) in [4.78, 5) is 27.5. The van der Waals surface area contributed by atoms with Gasteiger partial charge in [-0.15, -0.1) is 0 Å². The molecule has 1 heterocycles. The molecule has 1 aliphatic rings. The number of amides is 1. The average molecular weight is 371 g/mol. The SMILES string of the molecule is COC(=O)[C@@]1(CN=[N+]=[N-])C[C@H](O[Si](C(C)C)(C(C)C)C(C)C)C(=O)N1. The van der Waals surface area contributed by atoms with E-state index in [1.807, 2.05) is 0 Å². The number of esters is 1. The summed E-state index contributed by atoms with van der Waals surface area (Å²) in [7, 11) is -1.04. The van der Waals surface area contributed by atoms with Crippen molar-refractivity contribution in [2.24, 2.45) is 5.11 Å². The number of azide groups is 1. The number of hydrogen-bond acceptors (Lipinski definition) is 5. The van der Waals surface area contributed by atoms with E-state index >= 15 is 0 Å². The van der Waals surface area contributed by atoms with Crippen LogP contribution in [-0.4, -0.2) is 45.5 Å². The molecular formula is C16H30N4O4Si. The lowest BCUT2D eigenvalue weighted by Crippen LogP contribution is -2.52. The van der Waals surface area contributed by atoms with Crippen LogP contribution >= 0.6 is 0 Å². The minimum absolute atomic E-state index is 0.110. The third-order valence-corrected chi connectivity index (χ3v) is 11.3. The van der Waals surface area contributed by atoms with Gasteiger partial charge in [-0.2, -0.15) is 0 Å². The fourth-order valence-corrected chi connectivity index (χ4v) is 9.68. The van der Waals surface area contributed by atoms with E-state index in [4.69, 9.17) is 14.7 Å². The Balaban J connectivity index is 3.19. The van der Waals surface area contributed by atoms with E-state index in [-0.39, 0.29) is 18.9 Å². The van der Waals surface area contributed by atoms with Gasteiger partial charge in [0.2, 0.25) is 14.2 Å². The quantitative estimate of drug-likeness (QED) is 0.232. The number of nitrogens with one attached hydrogen (secondary N) is 1. The molecule has 0 aromatic carbocycles. The molecule has 0 unspecified atom stereocenters. The molecule has 1 aliphatic heterocycles. The first-order chi connectivity index (χ1) is 11.6. The van der Waals surface area contributed by atoms with Gasteiger partial charge in [-0.3, -0.25) is 4.79 Å². The summed E-state index contributed by atoms with van der Waals surface area (Å²) in [6.07, 6.45) is -0.634. The van der Waals surface area contributed by atoms with Gasteiger partial charge in [-0.05, 0) is 22.2 Å². The Bertz CT molecular complexity index is 539. The number of methoxy groups -OCH3 is 1. The molecule has 8 nitrogen and oxygen atoms in total. The van der Waals surface area contributed by atoms with Gasteiger partial charge in [0.05, 0.1) is 13.7 Å². The highest BCUT2D eigenvalue weighted by atomic mass is 28.4. The van der Waals surface area contributed by atoms with Gasteiger partial charge < -0.3 is 14.5 Å². The Morgan fingerprint density at radius 1 is 1.32 bits per heavy atom. The normalized spacial score (nSPS) is 23.8. The predicted molar refractivity (Wildman–Crippen MR) is 97.4 cm³/mol. The molecule has 1 fully saturated rings. The molecular weight excluding hydrogens is 340 g/mol. The molecule has 0 bridgehead atoms. The molecule has 142 valence electrons. The van der Waals surface area contributed by atoms with Crippen molar-refractivity contribution in [2.75, 3.05) is 13.7 Å². The van der Waals surface area contributed by atoms with Crippen molar-refractivity contribution >= 4 is 20.2 Å². The molecule has 9 heteroatoms. The Morgan fingerprint density at radius 3 is 2.24 bits per heavy atom. The Morgan fingerprint density at radius 2 is 1.84 bits per heavy atom. The molecule has 0 aromatic rings. The van der Waals surface area contributed by atoms with Crippen molar-refractivity contribution < 1.29 is 18.8 Å². The molecule has 0 spiro atoms. The number of rotatable bonds is 8. The van der Waals surface area contributed by atoms with Crippen molar-refractivity contribution in [3.05, 3.63) is 10.4 Å². The largest absolute Gasteiger partial charge is 0.467 e. The van der Waals surface area contributed by atoms with Gasteiger partial charge in [-0.1, -0.05) is 46.7 Å². The van der Waals surface area contributed by atoms with Crippen LogP contribution in [0.2, 0.25) is 16.6 Å². The summed E-state index contributed by atoms with van der Waals surface area (Å²) >= 11 is 0. The number of carbonyl (C=O) groups excluding carboxylic acids is 2. The minimum atomic E-state index is -2.29. The smallest absolute Gasteiger partial charge is 0.331 e. The fraction of sp³-hybridized carbons (Fsp3) is 0.875. The molecule has 0 aliphatic carbocycles. The van der Waals surface area contributed by atoms with Crippen molar-refractivity contribution in [2.45, 2.75) is 76.2 Å². The highest BCUT2D eigenvalue weighted by Gasteiger charge is 2.55. The first-order valence-electron chi connectivity index (χ1n) is 8.66. The van der Waals surface area contributed by atoms with Crippen molar-refractivity contribution in [3.63, 3.8) is 0 Å². The summed E-state index contributed by atoms with van der Waals surface area (Å²) in [5, 5.41) is 6.15. The fourth-order valence-electron chi connectivity index (χ4n) is 4.18. The van der Waals surface area contributed by atoms with Crippen molar-refractivity contribution in [1.82, 2.24) is 5.32 Å². The maximum absolute atomic E-state index is 12.6. The number of ether oxygens (including phenoxy) is 1. The Hall–Kier alpha value is -1.57. The molecule has 1 amide bonds. The van der Waals surface area contributed by atoms with E-state index in [0.29, 0.717) is 16.6 Å². The monoisotopic (exact) mass is 370 g/mol. The highest BCUT2D eigenvalue weighted by molar-refractivity contribution is 6.77. The zero-order valence-corrected chi connectivity index (χ0v) is 17.2. The summed E-state index contributed by atoms with van der Waals surface area (Å²) in [6, 6.07) is 0. The van der Waals surface area contributed by atoms with E-state index in [0.717, 1.165) is 0 Å². The van der Waals surface area contributed by atoms with E-state index in [2.05, 4.69) is 56.9 Å². The van der Waals surface area contributed by atoms with Crippen LogP contribution in [0.3, 0.4) is 0 Å². The van der Waals surface area contributed by atoms with Gasteiger partial charge in [0.15, 0.2) is 0 Å². The lowest BCUT2D eigenvalue weighted by Gasteiger charge is -2.43. The Kier molecular flexibility index (Phi) is 7.05. The molecule has 0 saturated carbocycles. The maximum Gasteiger partial charge on any atom is 0.331 e. The van der Waals surface area contributed by atoms with E-state index in [1.165, 1.54) is 7.11 Å². The molecule has 1 N–H and O–H groups in total. The molecule has 0 aromatic heterocycles. The number of nitrogens with zero attached hydrogens (tertiary/aromatic N) is 3. The number of hydrogen-bond donors (Lipinski definition) is 1. The molecule has 1 rings (SSSR count). The lowest BCUT2D eigenvalue weighted by atomic mass is 9.97. The van der Waals surface area contributed by atoms with E-state index in [1.54, 1.807) is 0 Å².